The molecular weight excluding hydrogens is 279 g/mol. The van der Waals surface area contributed by atoms with Crippen molar-refractivity contribution in [1.82, 2.24) is 4.98 Å². The molecule has 2 N–H and O–H groups in total. The van der Waals surface area contributed by atoms with Gasteiger partial charge in [0, 0.05) is 15.3 Å². The summed E-state index contributed by atoms with van der Waals surface area (Å²) >= 11 is 2.20. The van der Waals surface area contributed by atoms with Crippen LogP contribution >= 0.6 is 22.6 Å². The summed E-state index contributed by atoms with van der Waals surface area (Å²) in [5, 5.41) is 0. The van der Waals surface area contributed by atoms with Crippen LogP contribution in [0, 0.1) is 3.57 Å². The van der Waals surface area contributed by atoms with Crippen LogP contribution in [0.2, 0.25) is 0 Å². The van der Waals surface area contributed by atoms with Gasteiger partial charge >= 0.3 is 0 Å². The van der Waals surface area contributed by atoms with Gasteiger partial charge in [-0.05, 0) is 28.7 Å². The van der Waals surface area contributed by atoms with Crippen molar-refractivity contribution in [2.24, 2.45) is 5.73 Å². The number of methoxy groups -OCH3 is 1. The molecule has 4 heteroatoms. The standard InChI is InChI=1S/C9H11IN2O/c1-3-7(11)8-6(10)4-5-12-9(8)13-2/h3-5,7H,1,11H2,2H3/t7-/m1/s1. The van der Waals surface area contributed by atoms with Crippen molar-refractivity contribution in [3.05, 3.63) is 34.1 Å². The average molecular weight is 290 g/mol. The minimum absolute atomic E-state index is 0.226. The van der Waals surface area contributed by atoms with Crippen molar-refractivity contribution in [2.75, 3.05) is 7.11 Å². The summed E-state index contributed by atoms with van der Waals surface area (Å²) in [6.45, 7) is 3.64. The lowest BCUT2D eigenvalue weighted by Gasteiger charge is -2.12. The number of nitrogens with two attached hydrogens (primary N) is 1. The van der Waals surface area contributed by atoms with E-state index >= 15 is 0 Å². The summed E-state index contributed by atoms with van der Waals surface area (Å²) in [7, 11) is 1.58. The lowest BCUT2D eigenvalue weighted by atomic mass is 10.1. The highest BCUT2D eigenvalue weighted by atomic mass is 127. The minimum atomic E-state index is -0.226. The van der Waals surface area contributed by atoms with E-state index in [4.69, 9.17) is 10.5 Å². The maximum Gasteiger partial charge on any atom is 0.219 e. The van der Waals surface area contributed by atoms with E-state index < -0.39 is 0 Å². The Hall–Kier alpha value is -0.620. The lowest BCUT2D eigenvalue weighted by molar-refractivity contribution is 0.390. The number of rotatable bonds is 3. The SMILES string of the molecule is C=C[C@@H](N)c1c(I)ccnc1OC. The van der Waals surface area contributed by atoms with Gasteiger partial charge < -0.3 is 10.5 Å². The smallest absolute Gasteiger partial charge is 0.219 e. The van der Waals surface area contributed by atoms with Crippen LogP contribution in [0.1, 0.15) is 11.6 Å². The molecular formula is C9H11IN2O. The molecule has 3 nitrogen and oxygen atoms in total. The van der Waals surface area contributed by atoms with Gasteiger partial charge in [0.15, 0.2) is 0 Å². The molecule has 0 bridgehead atoms. The summed E-state index contributed by atoms with van der Waals surface area (Å²) in [5.41, 5.74) is 6.72. The third-order valence-corrected chi connectivity index (χ3v) is 2.62. The van der Waals surface area contributed by atoms with Gasteiger partial charge in [-0.2, -0.15) is 0 Å². The van der Waals surface area contributed by atoms with Crippen LogP contribution in [0.15, 0.2) is 24.9 Å². The van der Waals surface area contributed by atoms with E-state index in [0.29, 0.717) is 5.88 Å². The number of hydrogen-bond donors (Lipinski definition) is 1. The fourth-order valence-electron chi connectivity index (χ4n) is 1.01. The van der Waals surface area contributed by atoms with E-state index in [1.54, 1.807) is 19.4 Å². The topological polar surface area (TPSA) is 48.1 Å². The molecule has 0 aromatic carbocycles. The maximum atomic E-state index is 5.83. The summed E-state index contributed by atoms with van der Waals surface area (Å²) in [6, 6.07) is 1.66. The quantitative estimate of drug-likeness (QED) is 0.683. The zero-order valence-electron chi connectivity index (χ0n) is 7.33. The Labute approximate surface area is 91.1 Å². The number of nitrogens with zero attached hydrogens (tertiary/aromatic N) is 1. The Balaban J connectivity index is 3.22. The Kier molecular flexibility index (Phi) is 3.68. The van der Waals surface area contributed by atoms with Crippen LogP contribution in [-0.2, 0) is 0 Å². The molecule has 0 saturated carbocycles. The number of ether oxygens (including phenoxy) is 1. The molecule has 0 radical (unpaired) electrons. The third-order valence-electron chi connectivity index (χ3n) is 1.68. The average Bonchev–Trinajstić information content (AvgIpc) is 2.16. The largest absolute Gasteiger partial charge is 0.481 e. The van der Waals surface area contributed by atoms with Crippen LogP contribution in [0.25, 0.3) is 0 Å². The van der Waals surface area contributed by atoms with E-state index in [1.807, 2.05) is 6.07 Å². The third kappa shape index (κ3) is 2.19. The molecule has 0 amide bonds. The molecule has 1 rings (SSSR count). The van der Waals surface area contributed by atoms with E-state index in [0.717, 1.165) is 9.13 Å². The van der Waals surface area contributed by atoms with Gasteiger partial charge in [0.1, 0.15) is 0 Å². The maximum absolute atomic E-state index is 5.83. The molecule has 0 fully saturated rings. The van der Waals surface area contributed by atoms with E-state index in [9.17, 15) is 0 Å². The van der Waals surface area contributed by atoms with Gasteiger partial charge in [0.25, 0.3) is 0 Å². The molecule has 0 spiro atoms. The molecule has 0 aliphatic heterocycles. The van der Waals surface area contributed by atoms with E-state index in [-0.39, 0.29) is 6.04 Å². The van der Waals surface area contributed by atoms with Crippen molar-refractivity contribution in [3.8, 4) is 5.88 Å². The summed E-state index contributed by atoms with van der Waals surface area (Å²) < 4.78 is 6.14. The zero-order chi connectivity index (χ0) is 9.84. The zero-order valence-corrected chi connectivity index (χ0v) is 9.48. The highest BCUT2D eigenvalue weighted by molar-refractivity contribution is 14.1. The molecule has 1 aromatic rings. The second kappa shape index (κ2) is 4.57. The number of hydrogen-bond acceptors (Lipinski definition) is 3. The van der Waals surface area contributed by atoms with Crippen LogP contribution in [0.3, 0.4) is 0 Å². The van der Waals surface area contributed by atoms with Gasteiger partial charge in [-0.15, -0.1) is 6.58 Å². The molecule has 0 aliphatic carbocycles. The van der Waals surface area contributed by atoms with Crippen molar-refractivity contribution in [2.45, 2.75) is 6.04 Å². The molecule has 0 saturated heterocycles. The Bertz CT molecular complexity index is 314. The van der Waals surface area contributed by atoms with Crippen LogP contribution in [0.4, 0.5) is 0 Å². The summed E-state index contributed by atoms with van der Waals surface area (Å²) in [4.78, 5) is 4.07. The molecule has 0 aliphatic rings. The summed E-state index contributed by atoms with van der Waals surface area (Å²) in [6.07, 6.45) is 3.36. The predicted octanol–water partition coefficient (Wildman–Crippen LogP) is 1.88. The van der Waals surface area contributed by atoms with Crippen molar-refractivity contribution in [1.29, 1.82) is 0 Å². The van der Waals surface area contributed by atoms with E-state index in [1.165, 1.54) is 0 Å². The lowest BCUT2D eigenvalue weighted by Crippen LogP contribution is -2.11. The Morgan fingerprint density at radius 1 is 1.77 bits per heavy atom. The molecule has 0 unspecified atom stereocenters. The first kappa shape index (κ1) is 10.5. The fourth-order valence-corrected chi connectivity index (χ4v) is 1.77. The van der Waals surface area contributed by atoms with Gasteiger partial charge in [0.2, 0.25) is 5.88 Å². The number of aromatic nitrogens is 1. The second-order valence-corrected chi connectivity index (χ2v) is 3.64. The van der Waals surface area contributed by atoms with Gasteiger partial charge in [0.05, 0.1) is 13.2 Å². The Morgan fingerprint density at radius 2 is 2.46 bits per heavy atom. The molecule has 1 atom stereocenters. The van der Waals surface area contributed by atoms with Gasteiger partial charge in [-0.25, -0.2) is 4.98 Å². The number of pyridine rings is 1. The predicted molar refractivity (Wildman–Crippen MR) is 60.6 cm³/mol. The van der Waals surface area contributed by atoms with Crippen LogP contribution in [-0.4, -0.2) is 12.1 Å². The number of halogens is 1. The molecule has 1 aromatic heterocycles. The van der Waals surface area contributed by atoms with Gasteiger partial charge in [-0.1, -0.05) is 6.08 Å². The highest BCUT2D eigenvalue weighted by Gasteiger charge is 2.13. The highest BCUT2D eigenvalue weighted by Crippen LogP contribution is 2.26. The van der Waals surface area contributed by atoms with Crippen LogP contribution < -0.4 is 10.5 Å². The molecule has 1 heterocycles. The first-order valence-corrected chi connectivity index (χ1v) is 4.85. The minimum Gasteiger partial charge on any atom is -0.481 e. The van der Waals surface area contributed by atoms with Crippen molar-refractivity contribution < 1.29 is 4.74 Å². The molecule has 70 valence electrons. The van der Waals surface area contributed by atoms with Gasteiger partial charge in [-0.3, -0.25) is 0 Å². The first-order chi connectivity index (χ1) is 6.20. The second-order valence-electron chi connectivity index (χ2n) is 2.48. The first-order valence-electron chi connectivity index (χ1n) is 3.77. The van der Waals surface area contributed by atoms with E-state index in [2.05, 4.69) is 34.2 Å². The summed E-state index contributed by atoms with van der Waals surface area (Å²) in [5.74, 6) is 0.569. The normalized spacial score (nSPS) is 12.2. The van der Waals surface area contributed by atoms with Crippen molar-refractivity contribution in [3.63, 3.8) is 0 Å². The monoisotopic (exact) mass is 290 g/mol. The Morgan fingerprint density at radius 3 is 3.00 bits per heavy atom. The molecule has 13 heavy (non-hydrogen) atoms. The van der Waals surface area contributed by atoms with Crippen LogP contribution in [0.5, 0.6) is 5.88 Å². The van der Waals surface area contributed by atoms with Crippen molar-refractivity contribution >= 4 is 22.6 Å². The fraction of sp³-hybridized carbons (Fsp3) is 0.222.